The lowest BCUT2D eigenvalue weighted by Crippen LogP contribution is -2.51. The molecule has 5 rings (SSSR count). The fraction of sp³-hybridized carbons (Fsp3) is 0.350. The molecular formula is C20H20FN7. The molecular weight excluding hydrogens is 357 g/mol. The maximum atomic E-state index is 13.4. The van der Waals surface area contributed by atoms with E-state index in [4.69, 9.17) is 4.99 Å². The van der Waals surface area contributed by atoms with E-state index in [9.17, 15) is 4.39 Å². The lowest BCUT2D eigenvalue weighted by atomic mass is 9.91. The molecule has 2 aliphatic heterocycles. The zero-order valence-electron chi connectivity index (χ0n) is 16.0. The molecule has 0 saturated carbocycles. The van der Waals surface area contributed by atoms with Gasteiger partial charge in [0.25, 0.3) is 0 Å². The van der Waals surface area contributed by atoms with Gasteiger partial charge in [0.05, 0.1) is 5.69 Å². The van der Waals surface area contributed by atoms with Gasteiger partial charge in [-0.15, -0.1) is 5.10 Å². The number of aromatic nitrogens is 5. The lowest BCUT2D eigenvalue weighted by Gasteiger charge is -2.40. The van der Waals surface area contributed by atoms with E-state index in [0.717, 1.165) is 59.8 Å². The standard InChI is InChI=1S/C20H20FN7/c1-11-23-19(8-20(24-11)28-13(3)22-12(2)26-28)27-9-15(10-27)18-7-14-6-16(21)4-5-17(14)25-18/h4-6,8,15H,7,9-10H2,1-3H3. The highest BCUT2D eigenvalue weighted by molar-refractivity contribution is 5.97. The molecule has 1 saturated heterocycles. The van der Waals surface area contributed by atoms with Crippen LogP contribution in [0.5, 0.6) is 0 Å². The molecule has 0 bridgehead atoms. The molecule has 0 radical (unpaired) electrons. The summed E-state index contributed by atoms with van der Waals surface area (Å²) in [6.07, 6.45) is 0.733. The first-order valence-electron chi connectivity index (χ1n) is 9.33. The van der Waals surface area contributed by atoms with Crippen LogP contribution < -0.4 is 4.90 Å². The van der Waals surface area contributed by atoms with E-state index < -0.39 is 0 Å². The lowest BCUT2D eigenvalue weighted by molar-refractivity contribution is 0.512. The summed E-state index contributed by atoms with van der Waals surface area (Å²) in [5.74, 6) is 3.99. The molecule has 0 atom stereocenters. The van der Waals surface area contributed by atoms with E-state index in [2.05, 4.69) is 25.0 Å². The minimum Gasteiger partial charge on any atom is -0.355 e. The molecule has 3 aromatic rings. The maximum absolute atomic E-state index is 13.4. The number of benzene rings is 1. The van der Waals surface area contributed by atoms with Gasteiger partial charge in [0.15, 0.2) is 5.82 Å². The number of hydrogen-bond acceptors (Lipinski definition) is 6. The van der Waals surface area contributed by atoms with Crippen LogP contribution in [-0.4, -0.2) is 43.5 Å². The number of hydrogen-bond donors (Lipinski definition) is 0. The summed E-state index contributed by atoms with van der Waals surface area (Å²) in [7, 11) is 0. The fourth-order valence-corrected chi connectivity index (χ4v) is 3.85. The molecule has 8 heteroatoms. The predicted molar refractivity (Wildman–Crippen MR) is 104 cm³/mol. The second-order valence-corrected chi connectivity index (χ2v) is 7.40. The van der Waals surface area contributed by atoms with Gasteiger partial charge in [0.2, 0.25) is 0 Å². The third kappa shape index (κ3) is 2.85. The minimum absolute atomic E-state index is 0.201. The van der Waals surface area contributed by atoms with Crippen molar-refractivity contribution in [3.8, 4) is 5.82 Å². The second kappa shape index (κ2) is 6.19. The summed E-state index contributed by atoms with van der Waals surface area (Å²) >= 11 is 0. The van der Waals surface area contributed by atoms with Gasteiger partial charge in [-0.05, 0) is 44.5 Å². The number of aryl methyl sites for hydroxylation is 3. The van der Waals surface area contributed by atoms with Crippen LogP contribution in [0.15, 0.2) is 29.3 Å². The van der Waals surface area contributed by atoms with Gasteiger partial charge in [-0.1, -0.05) is 0 Å². The molecule has 1 aromatic carbocycles. The largest absolute Gasteiger partial charge is 0.355 e. The van der Waals surface area contributed by atoms with E-state index in [1.54, 1.807) is 16.8 Å². The summed E-state index contributed by atoms with van der Waals surface area (Å²) in [6.45, 7) is 7.36. The van der Waals surface area contributed by atoms with E-state index in [1.165, 1.54) is 6.07 Å². The molecule has 2 aliphatic rings. The average molecular weight is 377 g/mol. The molecule has 0 spiro atoms. The Morgan fingerprint density at radius 2 is 1.75 bits per heavy atom. The zero-order valence-corrected chi connectivity index (χ0v) is 16.0. The highest BCUT2D eigenvalue weighted by Crippen LogP contribution is 2.33. The summed E-state index contributed by atoms with van der Waals surface area (Å²) in [6, 6.07) is 6.77. The van der Waals surface area contributed by atoms with Crippen LogP contribution in [0.1, 0.15) is 23.0 Å². The van der Waals surface area contributed by atoms with Crippen LogP contribution in [0.2, 0.25) is 0 Å². The van der Waals surface area contributed by atoms with Crippen molar-refractivity contribution in [3.63, 3.8) is 0 Å². The molecule has 142 valence electrons. The van der Waals surface area contributed by atoms with E-state index >= 15 is 0 Å². The van der Waals surface area contributed by atoms with Crippen molar-refractivity contribution >= 4 is 17.2 Å². The Labute approximate surface area is 162 Å². The van der Waals surface area contributed by atoms with Crippen LogP contribution in [0.4, 0.5) is 15.9 Å². The van der Waals surface area contributed by atoms with Crippen LogP contribution in [0, 0.1) is 32.5 Å². The van der Waals surface area contributed by atoms with E-state index in [0.29, 0.717) is 11.7 Å². The van der Waals surface area contributed by atoms with Crippen LogP contribution in [-0.2, 0) is 6.42 Å². The normalized spacial score (nSPS) is 16.1. The van der Waals surface area contributed by atoms with Gasteiger partial charge in [0.1, 0.15) is 29.1 Å². The van der Waals surface area contributed by atoms with Gasteiger partial charge in [-0.3, -0.25) is 4.99 Å². The van der Waals surface area contributed by atoms with Crippen molar-refractivity contribution in [2.75, 3.05) is 18.0 Å². The Hall–Kier alpha value is -3.16. The highest BCUT2D eigenvalue weighted by atomic mass is 19.1. The smallest absolute Gasteiger partial charge is 0.161 e. The average Bonchev–Trinajstić information content (AvgIpc) is 3.15. The molecule has 0 amide bonds. The Morgan fingerprint density at radius 3 is 2.50 bits per heavy atom. The summed E-state index contributed by atoms with van der Waals surface area (Å²) in [5.41, 5.74) is 3.00. The molecule has 2 aromatic heterocycles. The number of fused-ring (bicyclic) bond motifs is 1. The monoisotopic (exact) mass is 377 g/mol. The quantitative estimate of drug-likeness (QED) is 0.702. The first-order valence-corrected chi connectivity index (χ1v) is 9.33. The molecule has 0 unspecified atom stereocenters. The summed E-state index contributed by atoms with van der Waals surface area (Å²) in [4.78, 5) is 20.4. The maximum Gasteiger partial charge on any atom is 0.161 e. The number of aliphatic imine (C=N–C) groups is 1. The van der Waals surface area contributed by atoms with Crippen molar-refractivity contribution in [1.82, 2.24) is 24.7 Å². The van der Waals surface area contributed by atoms with Gasteiger partial charge in [-0.2, -0.15) is 4.68 Å². The van der Waals surface area contributed by atoms with Crippen LogP contribution >= 0.6 is 0 Å². The predicted octanol–water partition coefficient (Wildman–Crippen LogP) is 2.89. The Morgan fingerprint density at radius 1 is 0.964 bits per heavy atom. The molecule has 0 N–H and O–H groups in total. The molecule has 1 fully saturated rings. The molecule has 0 aliphatic carbocycles. The van der Waals surface area contributed by atoms with Crippen molar-refractivity contribution in [3.05, 3.63) is 53.1 Å². The Balaban J connectivity index is 1.34. The molecule has 4 heterocycles. The van der Waals surface area contributed by atoms with E-state index in [-0.39, 0.29) is 5.82 Å². The Kier molecular flexibility index (Phi) is 3.75. The van der Waals surface area contributed by atoms with Gasteiger partial charge in [-0.25, -0.2) is 19.3 Å². The molecule has 7 nitrogen and oxygen atoms in total. The second-order valence-electron chi connectivity index (χ2n) is 7.40. The number of anilines is 1. The van der Waals surface area contributed by atoms with Crippen molar-refractivity contribution in [1.29, 1.82) is 0 Å². The third-order valence-corrected chi connectivity index (χ3v) is 5.26. The van der Waals surface area contributed by atoms with Gasteiger partial charge >= 0.3 is 0 Å². The van der Waals surface area contributed by atoms with Crippen molar-refractivity contribution in [2.45, 2.75) is 27.2 Å². The summed E-state index contributed by atoms with van der Waals surface area (Å²) < 4.78 is 15.2. The third-order valence-electron chi connectivity index (χ3n) is 5.26. The van der Waals surface area contributed by atoms with Crippen molar-refractivity contribution in [2.24, 2.45) is 10.9 Å². The topological polar surface area (TPSA) is 72.1 Å². The number of nitrogens with zero attached hydrogens (tertiary/aromatic N) is 7. The summed E-state index contributed by atoms with van der Waals surface area (Å²) in [5, 5.41) is 4.42. The molecule has 28 heavy (non-hydrogen) atoms. The zero-order chi connectivity index (χ0) is 19.4. The van der Waals surface area contributed by atoms with E-state index in [1.807, 2.05) is 26.8 Å². The minimum atomic E-state index is -0.201. The van der Waals surface area contributed by atoms with Crippen molar-refractivity contribution < 1.29 is 4.39 Å². The van der Waals surface area contributed by atoms with Gasteiger partial charge < -0.3 is 4.90 Å². The Bertz CT molecular complexity index is 1110. The highest BCUT2D eigenvalue weighted by Gasteiger charge is 2.34. The van der Waals surface area contributed by atoms with Gasteiger partial charge in [0, 0.05) is 37.2 Å². The van der Waals surface area contributed by atoms with Crippen LogP contribution in [0.25, 0.3) is 5.82 Å². The number of rotatable bonds is 3. The van der Waals surface area contributed by atoms with Crippen LogP contribution in [0.3, 0.4) is 0 Å². The number of halogens is 1. The fourth-order valence-electron chi connectivity index (χ4n) is 3.85. The first kappa shape index (κ1) is 17.0. The SMILES string of the molecule is Cc1nc(N2CC(C3=Nc4ccc(F)cc4C3)C2)cc(-n2nc(C)nc2C)n1. The first-order chi connectivity index (χ1) is 13.5.